The molecule has 2 N–H and O–H groups in total. The van der Waals surface area contributed by atoms with Crippen molar-refractivity contribution >= 4 is 5.97 Å². The summed E-state index contributed by atoms with van der Waals surface area (Å²) in [5, 5.41) is 0. The molecule has 0 radical (unpaired) electrons. The lowest BCUT2D eigenvalue weighted by Crippen LogP contribution is -2.34. The highest BCUT2D eigenvalue weighted by atomic mass is 16.5. The zero-order valence-corrected chi connectivity index (χ0v) is 11.6. The average molecular weight is 261 g/mol. The van der Waals surface area contributed by atoms with E-state index in [9.17, 15) is 4.79 Å². The number of methoxy groups -OCH3 is 1. The first-order valence-electron chi connectivity index (χ1n) is 7.13. The summed E-state index contributed by atoms with van der Waals surface area (Å²) in [5.41, 5.74) is 8.46. The zero-order valence-electron chi connectivity index (χ0n) is 11.6. The lowest BCUT2D eigenvalue weighted by atomic mass is 9.81. The van der Waals surface area contributed by atoms with Gasteiger partial charge in [0.05, 0.1) is 7.11 Å². The molecule has 3 nitrogen and oxygen atoms in total. The molecule has 2 rings (SSSR count). The Balaban J connectivity index is 2.13. The lowest BCUT2D eigenvalue weighted by Gasteiger charge is -2.25. The summed E-state index contributed by atoms with van der Waals surface area (Å²) in [6, 6.07) is 7.82. The number of hydrogen-bond acceptors (Lipinski definition) is 3. The van der Waals surface area contributed by atoms with Gasteiger partial charge in [-0.15, -0.1) is 0 Å². The number of rotatable bonds is 4. The molecule has 1 unspecified atom stereocenters. The number of ether oxygens (including phenoxy) is 1. The van der Waals surface area contributed by atoms with Crippen molar-refractivity contribution in [3.05, 3.63) is 35.4 Å². The molecular weight excluding hydrogens is 238 g/mol. The number of carbonyl (C=O) groups excluding carboxylic acids is 1. The maximum atomic E-state index is 11.5. The number of esters is 1. The minimum Gasteiger partial charge on any atom is -0.468 e. The average Bonchev–Trinajstić information content (AvgIpc) is 2.47. The number of benzene rings is 1. The van der Waals surface area contributed by atoms with Gasteiger partial charge < -0.3 is 10.5 Å². The van der Waals surface area contributed by atoms with Gasteiger partial charge in [-0.2, -0.15) is 0 Å². The van der Waals surface area contributed by atoms with Crippen LogP contribution in [0.3, 0.4) is 0 Å². The van der Waals surface area contributed by atoms with Crippen LogP contribution in [-0.2, 0) is 16.0 Å². The topological polar surface area (TPSA) is 52.3 Å². The molecule has 1 aromatic carbocycles. The molecule has 1 aliphatic carbocycles. The van der Waals surface area contributed by atoms with E-state index >= 15 is 0 Å². The summed E-state index contributed by atoms with van der Waals surface area (Å²) in [6.07, 6.45) is 7.04. The quantitative estimate of drug-likeness (QED) is 0.848. The molecule has 0 spiro atoms. The van der Waals surface area contributed by atoms with Crippen LogP contribution in [0.2, 0.25) is 0 Å². The number of nitrogens with two attached hydrogens (primary N) is 1. The minimum absolute atomic E-state index is 0.335. The van der Waals surface area contributed by atoms with Gasteiger partial charge in [0.2, 0.25) is 0 Å². The normalized spacial score (nSPS) is 18.0. The molecule has 0 aromatic heterocycles. The van der Waals surface area contributed by atoms with Crippen LogP contribution in [0.15, 0.2) is 24.3 Å². The van der Waals surface area contributed by atoms with Crippen LogP contribution in [0.4, 0.5) is 0 Å². The first-order chi connectivity index (χ1) is 9.22. The Morgan fingerprint density at radius 2 is 2.00 bits per heavy atom. The van der Waals surface area contributed by atoms with E-state index in [1.807, 2.05) is 6.07 Å². The Morgan fingerprint density at radius 3 is 2.68 bits per heavy atom. The van der Waals surface area contributed by atoms with Gasteiger partial charge in [-0.25, -0.2) is 0 Å². The molecule has 1 saturated carbocycles. The third kappa shape index (κ3) is 3.57. The molecule has 0 heterocycles. The summed E-state index contributed by atoms with van der Waals surface area (Å²) in [4.78, 5) is 11.5. The number of hydrogen-bond donors (Lipinski definition) is 1. The molecule has 1 atom stereocenters. The smallest absolute Gasteiger partial charge is 0.322 e. The van der Waals surface area contributed by atoms with E-state index in [1.54, 1.807) is 0 Å². The highest BCUT2D eigenvalue weighted by Gasteiger charge is 2.21. The Kier molecular flexibility index (Phi) is 4.97. The molecule has 1 fully saturated rings. The van der Waals surface area contributed by atoms with Gasteiger partial charge in [0.1, 0.15) is 6.04 Å². The van der Waals surface area contributed by atoms with Crippen molar-refractivity contribution < 1.29 is 9.53 Å². The summed E-state index contributed by atoms with van der Waals surface area (Å²) in [7, 11) is 1.38. The molecule has 0 bridgehead atoms. The zero-order chi connectivity index (χ0) is 13.7. The van der Waals surface area contributed by atoms with Crippen molar-refractivity contribution in [3.63, 3.8) is 0 Å². The summed E-state index contributed by atoms with van der Waals surface area (Å²) < 4.78 is 4.71. The van der Waals surface area contributed by atoms with E-state index in [0.717, 1.165) is 0 Å². The first kappa shape index (κ1) is 14.1. The maximum Gasteiger partial charge on any atom is 0.322 e. The van der Waals surface area contributed by atoms with Crippen molar-refractivity contribution in [2.75, 3.05) is 7.11 Å². The van der Waals surface area contributed by atoms with Gasteiger partial charge in [-0.1, -0.05) is 43.5 Å². The van der Waals surface area contributed by atoms with Gasteiger partial charge in [-0.3, -0.25) is 4.79 Å². The SMILES string of the molecule is COC(=O)C(N)Cc1ccccc1C1CCCCC1. The van der Waals surface area contributed by atoms with Crippen LogP contribution >= 0.6 is 0 Å². The van der Waals surface area contributed by atoms with Crippen molar-refractivity contribution in [1.82, 2.24) is 0 Å². The molecule has 0 aliphatic heterocycles. The van der Waals surface area contributed by atoms with Crippen molar-refractivity contribution in [3.8, 4) is 0 Å². The van der Waals surface area contributed by atoms with E-state index in [0.29, 0.717) is 12.3 Å². The van der Waals surface area contributed by atoms with Gasteiger partial charge in [0.15, 0.2) is 0 Å². The molecular formula is C16H23NO2. The van der Waals surface area contributed by atoms with E-state index in [2.05, 4.69) is 18.2 Å². The Labute approximate surface area is 115 Å². The van der Waals surface area contributed by atoms with Crippen LogP contribution in [0.1, 0.15) is 49.1 Å². The largest absolute Gasteiger partial charge is 0.468 e. The molecule has 1 aliphatic rings. The summed E-state index contributed by atoms with van der Waals surface area (Å²) in [6.45, 7) is 0. The second-order valence-corrected chi connectivity index (χ2v) is 5.37. The van der Waals surface area contributed by atoms with Crippen molar-refractivity contribution in [1.29, 1.82) is 0 Å². The Morgan fingerprint density at radius 1 is 1.32 bits per heavy atom. The number of carbonyl (C=O) groups is 1. The van der Waals surface area contributed by atoms with Gasteiger partial charge in [-0.05, 0) is 36.3 Å². The highest BCUT2D eigenvalue weighted by molar-refractivity contribution is 5.75. The van der Waals surface area contributed by atoms with E-state index in [4.69, 9.17) is 10.5 Å². The second kappa shape index (κ2) is 6.71. The fourth-order valence-corrected chi connectivity index (χ4v) is 3.00. The molecule has 104 valence electrons. The molecule has 0 amide bonds. The Hall–Kier alpha value is -1.35. The van der Waals surface area contributed by atoms with E-state index < -0.39 is 6.04 Å². The van der Waals surface area contributed by atoms with Crippen LogP contribution in [0, 0.1) is 0 Å². The fourth-order valence-electron chi connectivity index (χ4n) is 3.00. The summed E-state index contributed by atoms with van der Waals surface area (Å²) >= 11 is 0. The molecule has 0 saturated heterocycles. The first-order valence-corrected chi connectivity index (χ1v) is 7.13. The van der Waals surface area contributed by atoms with Crippen molar-refractivity contribution in [2.24, 2.45) is 5.73 Å². The molecule has 19 heavy (non-hydrogen) atoms. The maximum absolute atomic E-state index is 11.5. The monoisotopic (exact) mass is 261 g/mol. The van der Waals surface area contributed by atoms with Crippen molar-refractivity contribution in [2.45, 2.75) is 50.5 Å². The van der Waals surface area contributed by atoms with E-state index in [1.165, 1.54) is 50.3 Å². The molecule has 3 heteroatoms. The third-order valence-corrected chi connectivity index (χ3v) is 4.04. The predicted molar refractivity (Wildman–Crippen MR) is 76.0 cm³/mol. The van der Waals surface area contributed by atoms with Crippen LogP contribution in [-0.4, -0.2) is 19.1 Å². The van der Waals surface area contributed by atoms with Gasteiger partial charge in [0.25, 0.3) is 0 Å². The van der Waals surface area contributed by atoms with Gasteiger partial charge >= 0.3 is 5.97 Å². The highest BCUT2D eigenvalue weighted by Crippen LogP contribution is 2.34. The van der Waals surface area contributed by atoms with Gasteiger partial charge in [0, 0.05) is 0 Å². The Bertz CT molecular complexity index is 425. The second-order valence-electron chi connectivity index (χ2n) is 5.37. The van der Waals surface area contributed by atoms with Crippen LogP contribution in [0.5, 0.6) is 0 Å². The van der Waals surface area contributed by atoms with Crippen LogP contribution in [0.25, 0.3) is 0 Å². The summed E-state index contributed by atoms with van der Waals surface area (Å²) in [5.74, 6) is 0.299. The standard InChI is InChI=1S/C16H23NO2/c1-19-16(18)15(17)11-13-9-5-6-10-14(13)12-7-3-2-4-8-12/h5-6,9-10,12,15H,2-4,7-8,11,17H2,1H3. The third-order valence-electron chi connectivity index (χ3n) is 4.04. The lowest BCUT2D eigenvalue weighted by molar-refractivity contribution is -0.142. The van der Waals surface area contributed by atoms with E-state index in [-0.39, 0.29) is 5.97 Å². The minimum atomic E-state index is -0.560. The molecule has 1 aromatic rings. The predicted octanol–water partition coefficient (Wildman–Crippen LogP) is 2.78. The fraction of sp³-hybridized carbons (Fsp3) is 0.562. The van der Waals surface area contributed by atoms with Crippen LogP contribution < -0.4 is 5.73 Å².